The topological polar surface area (TPSA) is 52.7 Å². The Morgan fingerprint density at radius 3 is 2.70 bits per heavy atom. The molecular formula is C14H17N3O2S. The van der Waals surface area contributed by atoms with Gasteiger partial charge in [-0.25, -0.2) is 4.79 Å². The normalized spacial score (nSPS) is 22.5. The van der Waals surface area contributed by atoms with Crippen molar-refractivity contribution in [2.45, 2.75) is 5.37 Å². The van der Waals surface area contributed by atoms with E-state index in [2.05, 4.69) is 5.32 Å². The van der Waals surface area contributed by atoms with Gasteiger partial charge in [0.25, 0.3) is 0 Å². The molecule has 2 aliphatic rings. The molecule has 0 saturated carbocycles. The molecule has 1 unspecified atom stereocenters. The summed E-state index contributed by atoms with van der Waals surface area (Å²) in [6.07, 6.45) is 0. The van der Waals surface area contributed by atoms with Crippen molar-refractivity contribution in [3.8, 4) is 0 Å². The van der Waals surface area contributed by atoms with Gasteiger partial charge in [0, 0.05) is 26.2 Å². The van der Waals surface area contributed by atoms with E-state index in [-0.39, 0.29) is 17.3 Å². The highest BCUT2D eigenvalue weighted by molar-refractivity contribution is 8.00. The number of hydrogen-bond donors (Lipinski definition) is 1. The summed E-state index contributed by atoms with van der Waals surface area (Å²) in [5.41, 5.74) is 1.15. The van der Waals surface area contributed by atoms with Crippen LogP contribution in [0.4, 0.5) is 4.79 Å². The number of nitrogens with one attached hydrogen (secondary N) is 1. The van der Waals surface area contributed by atoms with E-state index in [0.29, 0.717) is 25.4 Å². The molecule has 0 aromatic heterocycles. The number of carbonyl (C=O) groups is 2. The molecule has 2 saturated heterocycles. The molecule has 106 valence electrons. The van der Waals surface area contributed by atoms with Gasteiger partial charge in [-0.1, -0.05) is 30.3 Å². The second-order valence-corrected chi connectivity index (χ2v) is 5.95. The third kappa shape index (κ3) is 2.60. The Balaban J connectivity index is 1.66. The largest absolute Gasteiger partial charge is 0.336 e. The summed E-state index contributed by atoms with van der Waals surface area (Å²) >= 11 is 1.65. The number of amides is 3. The lowest BCUT2D eigenvalue weighted by Crippen LogP contribution is -2.38. The van der Waals surface area contributed by atoms with Gasteiger partial charge in [-0.3, -0.25) is 4.79 Å². The highest BCUT2D eigenvalue weighted by Crippen LogP contribution is 2.38. The number of urea groups is 1. The zero-order valence-corrected chi connectivity index (χ0v) is 11.9. The van der Waals surface area contributed by atoms with Crippen molar-refractivity contribution >= 4 is 23.7 Å². The Hall–Kier alpha value is -1.69. The summed E-state index contributed by atoms with van der Waals surface area (Å²) in [6, 6.07) is 10.0. The Kier molecular flexibility index (Phi) is 3.82. The summed E-state index contributed by atoms with van der Waals surface area (Å²) in [5.74, 6) is 0.676. The summed E-state index contributed by atoms with van der Waals surface area (Å²) in [5, 5.41) is 2.86. The second kappa shape index (κ2) is 5.75. The van der Waals surface area contributed by atoms with Gasteiger partial charge in [-0.15, -0.1) is 11.8 Å². The summed E-state index contributed by atoms with van der Waals surface area (Å²) < 4.78 is 0. The van der Waals surface area contributed by atoms with Crippen molar-refractivity contribution < 1.29 is 9.59 Å². The van der Waals surface area contributed by atoms with Gasteiger partial charge in [-0.05, 0) is 5.56 Å². The van der Waals surface area contributed by atoms with Crippen LogP contribution in [-0.2, 0) is 4.79 Å². The minimum absolute atomic E-state index is 0.0273. The fraction of sp³-hybridized carbons (Fsp3) is 0.429. The first kappa shape index (κ1) is 13.3. The van der Waals surface area contributed by atoms with E-state index in [1.165, 1.54) is 0 Å². The molecule has 1 aromatic rings. The lowest BCUT2D eigenvalue weighted by atomic mass is 10.2. The zero-order valence-electron chi connectivity index (χ0n) is 11.1. The van der Waals surface area contributed by atoms with E-state index in [4.69, 9.17) is 0 Å². The first-order valence-corrected chi connectivity index (χ1v) is 7.79. The molecule has 1 atom stereocenters. The van der Waals surface area contributed by atoms with Crippen molar-refractivity contribution in [3.63, 3.8) is 0 Å². The van der Waals surface area contributed by atoms with Gasteiger partial charge >= 0.3 is 6.03 Å². The fourth-order valence-corrected chi connectivity index (χ4v) is 3.76. The van der Waals surface area contributed by atoms with Crippen molar-refractivity contribution in [1.29, 1.82) is 0 Å². The molecule has 1 aromatic carbocycles. The molecule has 0 radical (unpaired) electrons. The summed E-state index contributed by atoms with van der Waals surface area (Å²) in [7, 11) is 0. The van der Waals surface area contributed by atoms with Crippen LogP contribution in [0.1, 0.15) is 10.9 Å². The monoisotopic (exact) mass is 291 g/mol. The number of hydrogen-bond acceptors (Lipinski definition) is 3. The Labute approximate surface area is 122 Å². The maximum Gasteiger partial charge on any atom is 0.317 e. The average molecular weight is 291 g/mol. The van der Waals surface area contributed by atoms with E-state index < -0.39 is 0 Å². The van der Waals surface area contributed by atoms with E-state index in [1.807, 2.05) is 35.2 Å². The van der Waals surface area contributed by atoms with Crippen LogP contribution in [0.25, 0.3) is 0 Å². The number of thioether (sulfide) groups is 1. The maximum absolute atomic E-state index is 12.0. The third-order valence-corrected chi connectivity index (χ3v) is 4.86. The molecule has 3 rings (SSSR count). The predicted octanol–water partition coefficient (Wildman–Crippen LogP) is 1.29. The van der Waals surface area contributed by atoms with Gasteiger partial charge in [0.2, 0.25) is 5.91 Å². The SMILES string of the molecule is O=C1NCCN1CCN1C(=O)CSC1c1ccccc1. The molecular weight excluding hydrogens is 274 g/mol. The van der Waals surface area contributed by atoms with Crippen LogP contribution < -0.4 is 5.32 Å². The predicted molar refractivity (Wildman–Crippen MR) is 78.3 cm³/mol. The average Bonchev–Trinajstić information content (AvgIpc) is 3.04. The van der Waals surface area contributed by atoms with Crippen LogP contribution in [-0.4, -0.2) is 53.7 Å². The van der Waals surface area contributed by atoms with Gasteiger partial charge in [0.05, 0.1) is 5.75 Å². The second-order valence-electron chi connectivity index (χ2n) is 4.88. The summed E-state index contributed by atoms with van der Waals surface area (Å²) in [4.78, 5) is 27.2. The van der Waals surface area contributed by atoms with Crippen LogP contribution in [0.2, 0.25) is 0 Å². The minimum Gasteiger partial charge on any atom is -0.336 e. The van der Waals surface area contributed by atoms with Gasteiger partial charge in [0.15, 0.2) is 0 Å². The van der Waals surface area contributed by atoms with Crippen LogP contribution in [0, 0.1) is 0 Å². The van der Waals surface area contributed by atoms with Crippen LogP contribution >= 0.6 is 11.8 Å². The minimum atomic E-state index is -0.0273. The van der Waals surface area contributed by atoms with Gasteiger partial charge in [0.1, 0.15) is 5.37 Å². The summed E-state index contributed by atoms with van der Waals surface area (Å²) in [6.45, 7) is 2.62. The van der Waals surface area contributed by atoms with Gasteiger partial charge in [-0.2, -0.15) is 0 Å². The standard InChI is InChI=1S/C14H17N3O2S/c18-12-10-20-13(11-4-2-1-3-5-11)17(12)9-8-16-7-6-15-14(16)19/h1-5,13H,6-10H2,(H,15,19). The van der Waals surface area contributed by atoms with E-state index >= 15 is 0 Å². The molecule has 2 aliphatic heterocycles. The first-order chi connectivity index (χ1) is 9.75. The molecule has 1 N–H and O–H groups in total. The van der Waals surface area contributed by atoms with Crippen molar-refractivity contribution in [2.75, 3.05) is 31.9 Å². The van der Waals surface area contributed by atoms with Crippen molar-refractivity contribution in [2.24, 2.45) is 0 Å². The zero-order chi connectivity index (χ0) is 13.9. The fourth-order valence-electron chi connectivity index (χ4n) is 2.54. The molecule has 0 bridgehead atoms. The molecule has 6 heteroatoms. The molecule has 2 fully saturated rings. The van der Waals surface area contributed by atoms with Crippen LogP contribution in [0.5, 0.6) is 0 Å². The Bertz CT molecular complexity index is 508. The molecule has 2 heterocycles. The first-order valence-electron chi connectivity index (χ1n) is 6.74. The smallest absolute Gasteiger partial charge is 0.317 e. The molecule has 0 spiro atoms. The van der Waals surface area contributed by atoms with Crippen molar-refractivity contribution in [1.82, 2.24) is 15.1 Å². The van der Waals surface area contributed by atoms with Crippen molar-refractivity contribution in [3.05, 3.63) is 35.9 Å². The highest BCUT2D eigenvalue weighted by Gasteiger charge is 2.33. The molecule has 0 aliphatic carbocycles. The van der Waals surface area contributed by atoms with E-state index in [1.54, 1.807) is 16.7 Å². The Morgan fingerprint density at radius 1 is 1.20 bits per heavy atom. The molecule has 3 amide bonds. The molecule has 5 nitrogen and oxygen atoms in total. The maximum atomic E-state index is 12.0. The highest BCUT2D eigenvalue weighted by atomic mass is 32.2. The number of rotatable bonds is 4. The van der Waals surface area contributed by atoms with Crippen LogP contribution in [0.3, 0.4) is 0 Å². The van der Waals surface area contributed by atoms with Gasteiger partial charge < -0.3 is 15.1 Å². The number of nitrogens with zero attached hydrogens (tertiary/aromatic N) is 2. The Morgan fingerprint density at radius 2 is 2.00 bits per heavy atom. The number of carbonyl (C=O) groups excluding carboxylic acids is 2. The lowest BCUT2D eigenvalue weighted by Gasteiger charge is -2.26. The van der Waals surface area contributed by atoms with E-state index in [9.17, 15) is 9.59 Å². The number of benzene rings is 1. The van der Waals surface area contributed by atoms with E-state index in [0.717, 1.165) is 12.1 Å². The third-order valence-electron chi connectivity index (χ3n) is 3.61. The quantitative estimate of drug-likeness (QED) is 0.909. The lowest BCUT2D eigenvalue weighted by molar-refractivity contribution is -0.128. The molecule has 20 heavy (non-hydrogen) atoms. The van der Waals surface area contributed by atoms with Crippen LogP contribution in [0.15, 0.2) is 30.3 Å².